The van der Waals surface area contributed by atoms with Gasteiger partial charge in [0.15, 0.2) is 0 Å². The lowest BCUT2D eigenvalue weighted by Crippen LogP contribution is -2.22. The lowest BCUT2D eigenvalue weighted by Gasteiger charge is -2.08. The summed E-state index contributed by atoms with van der Waals surface area (Å²) in [5, 5.41) is 9.13. The number of pyridine rings is 1. The Balaban J connectivity index is 2.14. The molecule has 1 N–H and O–H groups in total. The van der Waals surface area contributed by atoms with E-state index in [1.54, 1.807) is 6.07 Å². The van der Waals surface area contributed by atoms with E-state index in [4.69, 9.17) is 5.11 Å². The average molecular weight is 348 g/mol. The van der Waals surface area contributed by atoms with Crippen molar-refractivity contribution in [2.24, 2.45) is 0 Å². The van der Waals surface area contributed by atoms with Gasteiger partial charge in [0.2, 0.25) is 0 Å². The predicted molar refractivity (Wildman–Crippen MR) is 103 cm³/mol. The number of carboxylic acids is 1. The van der Waals surface area contributed by atoms with Gasteiger partial charge in [0.25, 0.3) is 5.56 Å². The molecule has 0 atom stereocenters. The topological polar surface area (TPSA) is 71.7 Å². The van der Waals surface area contributed by atoms with Gasteiger partial charge in [0.05, 0.1) is 11.3 Å². The molecule has 0 saturated carbocycles. The zero-order valence-electron chi connectivity index (χ0n) is 15.0. The predicted octanol–water partition coefficient (Wildman–Crippen LogP) is 3.74. The molecule has 0 radical (unpaired) electrons. The van der Waals surface area contributed by atoms with Crippen molar-refractivity contribution < 1.29 is 9.90 Å². The Hall–Kier alpha value is -3.21. The van der Waals surface area contributed by atoms with E-state index < -0.39 is 5.97 Å². The highest BCUT2D eigenvalue weighted by Crippen LogP contribution is 2.16. The number of benzene rings is 1. The van der Waals surface area contributed by atoms with Crippen LogP contribution >= 0.6 is 0 Å². The fourth-order valence-corrected chi connectivity index (χ4v) is 2.97. The van der Waals surface area contributed by atoms with Crippen LogP contribution in [0.5, 0.6) is 0 Å². The molecule has 0 spiro atoms. The summed E-state index contributed by atoms with van der Waals surface area (Å²) in [6.07, 6.45) is 5.64. The molecule has 3 aromatic rings. The number of hydrogen-bond donors (Lipinski definition) is 1. The van der Waals surface area contributed by atoms with Crippen molar-refractivity contribution in [3.8, 4) is 0 Å². The first kappa shape index (κ1) is 17.6. The highest BCUT2D eigenvalue weighted by Gasteiger charge is 2.11. The Bertz CT molecular complexity index is 1090. The van der Waals surface area contributed by atoms with E-state index in [0.29, 0.717) is 23.3 Å². The molecule has 5 heteroatoms. The molecule has 0 aliphatic rings. The fraction of sp³-hybridized carbons (Fsp3) is 0.190. The van der Waals surface area contributed by atoms with Crippen LogP contribution in [0.3, 0.4) is 0 Å². The Labute approximate surface area is 151 Å². The molecule has 3 rings (SSSR count). The smallest absolute Gasteiger partial charge is 0.337 e. The van der Waals surface area contributed by atoms with Gasteiger partial charge in [-0.25, -0.2) is 9.78 Å². The molecule has 0 aliphatic heterocycles. The number of aryl methyl sites for hydroxylation is 2. The van der Waals surface area contributed by atoms with E-state index in [-0.39, 0.29) is 11.1 Å². The van der Waals surface area contributed by atoms with E-state index in [2.05, 4.69) is 11.1 Å². The zero-order chi connectivity index (χ0) is 18.8. The molecule has 2 heterocycles. The Morgan fingerprint density at radius 2 is 1.96 bits per heavy atom. The molecule has 2 aromatic heterocycles. The Kier molecular flexibility index (Phi) is 4.71. The molecule has 0 fully saturated rings. The quantitative estimate of drug-likeness (QED) is 0.779. The molecular weight excluding hydrogens is 328 g/mol. The van der Waals surface area contributed by atoms with Gasteiger partial charge in [-0.3, -0.25) is 9.20 Å². The zero-order valence-corrected chi connectivity index (χ0v) is 15.0. The molecule has 1 aromatic carbocycles. The van der Waals surface area contributed by atoms with Crippen LogP contribution in [0.25, 0.3) is 17.8 Å². The first-order valence-corrected chi connectivity index (χ1v) is 8.44. The normalized spacial score (nSPS) is 11.3. The molecule has 0 bridgehead atoms. The summed E-state index contributed by atoms with van der Waals surface area (Å²) in [4.78, 5) is 28.5. The van der Waals surface area contributed by atoms with Crippen LogP contribution in [0.2, 0.25) is 0 Å². The summed E-state index contributed by atoms with van der Waals surface area (Å²) < 4.78 is 1.30. The van der Waals surface area contributed by atoms with Crippen LogP contribution in [0.4, 0.5) is 0 Å². The summed E-state index contributed by atoms with van der Waals surface area (Å²) in [7, 11) is 0. The van der Waals surface area contributed by atoms with Crippen LogP contribution < -0.4 is 5.56 Å². The summed E-state index contributed by atoms with van der Waals surface area (Å²) in [6.45, 7) is 5.98. The highest BCUT2D eigenvalue weighted by molar-refractivity contribution is 5.87. The summed E-state index contributed by atoms with van der Waals surface area (Å²) >= 11 is 0. The van der Waals surface area contributed by atoms with E-state index in [0.717, 1.165) is 11.1 Å². The van der Waals surface area contributed by atoms with E-state index in [1.165, 1.54) is 22.2 Å². The minimum atomic E-state index is -1.07. The molecule has 0 aliphatic carbocycles. The first-order chi connectivity index (χ1) is 12.4. The van der Waals surface area contributed by atoms with Gasteiger partial charge >= 0.3 is 5.97 Å². The van der Waals surface area contributed by atoms with E-state index >= 15 is 0 Å². The van der Waals surface area contributed by atoms with Crippen LogP contribution in [-0.2, 0) is 6.42 Å². The minimum absolute atomic E-state index is 0.0574. The molecule has 0 unspecified atom stereocenters. The second kappa shape index (κ2) is 6.96. The molecule has 0 saturated heterocycles. The van der Waals surface area contributed by atoms with Crippen molar-refractivity contribution in [1.82, 2.24) is 9.38 Å². The van der Waals surface area contributed by atoms with E-state index in [9.17, 15) is 9.59 Å². The largest absolute Gasteiger partial charge is 0.478 e. The maximum Gasteiger partial charge on any atom is 0.337 e. The molecule has 5 nitrogen and oxygen atoms in total. The third kappa shape index (κ3) is 3.28. The fourth-order valence-electron chi connectivity index (χ4n) is 2.97. The van der Waals surface area contributed by atoms with Crippen LogP contribution in [0, 0.1) is 13.8 Å². The number of carboxylic acid groups (broad SMARTS) is 1. The van der Waals surface area contributed by atoms with Gasteiger partial charge in [-0.15, -0.1) is 0 Å². The van der Waals surface area contributed by atoms with Crippen molar-refractivity contribution in [2.75, 3.05) is 0 Å². The SMILES string of the molecule is CCc1c(C=Cc2ccc(C)cc2C)nc2ccc(C(=O)O)cn2c1=O. The van der Waals surface area contributed by atoms with Gasteiger partial charge in [-0.2, -0.15) is 0 Å². The Morgan fingerprint density at radius 3 is 2.62 bits per heavy atom. The highest BCUT2D eigenvalue weighted by atomic mass is 16.4. The lowest BCUT2D eigenvalue weighted by molar-refractivity contribution is 0.0696. The monoisotopic (exact) mass is 348 g/mol. The van der Waals surface area contributed by atoms with Crippen molar-refractivity contribution >= 4 is 23.8 Å². The average Bonchev–Trinajstić information content (AvgIpc) is 2.60. The van der Waals surface area contributed by atoms with Crippen molar-refractivity contribution in [2.45, 2.75) is 27.2 Å². The van der Waals surface area contributed by atoms with Crippen LogP contribution in [0.1, 0.15) is 45.2 Å². The van der Waals surface area contributed by atoms with Gasteiger partial charge in [-0.05, 0) is 49.6 Å². The second-order valence-corrected chi connectivity index (χ2v) is 6.28. The van der Waals surface area contributed by atoms with Crippen LogP contribution in [-0.4, -0.2) is 20.5 Å². The number of fused-ring (bicyclic) bond motifs is 1. The third-order valence-electron chi connectivity index (χ3n) is 4.39. The number of carbonyl (C=O) groups is 1. The molecule has 26 heavy (non-hydrogen) atoms. The van der Waals surface area contributed by atoms with Crippen LogP contribution in [0.15, 0.2) is 41.3 Å². The van der Waals surface area contributed by atoms with E-state index in [1.807, 2.05) is 45.1 Å². The lowest BCUT2D eigenvalue weighted by atomic mass is 10.0. The molecular formula is C21H20N2O3. The summed E-state index contributed by atoms with van der Waals surface area (Å²) in [5.74, 6) is -1.07. The number of hydrogen-bond acceptors (Lipinski definition) is 3. The second-order valence-electron chi connectivity index (χ2n) is 6.28. The van der Waals surface area contributed by atoms with Crippen molar-refractivity contribution in [3.05, 3.63) is 80.4 Å². The van der Waals surface area contributed by atoms with Crippen molar-refractivity contribution in [1.29, 1.82) is 0 Å². The number of rotatable bonds is 4. The number of aromatic nitrogens is 2. The summed E-state index contributed by atoms with van der Waals surface area (Å²) in [5.41, 5.74) is 4.85. The minimum Gasteiger partial charge on any atom is -0.478 e. The van der Waals surface area contributed by atoms with Crippen molar-refractivity contribution in [3.63, 3.8) is 0 Å². The number of aromatic carboxylic acids is 1. The molecule has 0 amide bonds. The first-order valence-electron chi connectivity index (χ1n) is 8.44. The maximum absolute atomic E-state index is 12.8. The number of nitrogens with zero attached hydrogens (tertiary/aromatic N) is 2. The van der Waals surface area contributed by atoms with Gasteiger partial charge in [0.1, 0.15) is 5.65 Å². The standard InChI is InChI=1S/C21H20N2O3/c1-4-17-18(9-7-15-6-5-13(2)11-14(15)3)22-19-10-8-16(21(25)26)12-23(19)20(17)24/h5-12H,4H2,1-3H3,(H,25,26). The molecule has 132 valence electrons. The third-order valence-corrected chi connectivity index (χ3v) is 4.39. The maximum atomic E-state index is 12.8. The van der Waals surface area contributed by atoms with Gasteiger partial charge in [0, 0.05) is 11.8 Å². The van der Waals surface area contributed by atoms with Gasteiger partial charge in [-0.1, -0.05) is 36.8 Å². The Morgan fingerprint density at radius 1 is 1.19 bits per heavy atom. The van der Waals surface area contributed by atoms with Gasteiger partial charge < -0.3 is 5.11 Å². The summed E-state index contributed by atoms with van der Waals surface area (Å²) in [6, 6.07) is 9.20.